The van der Waals surface area contributed by atoms with Crippen LogP contribution in [0.25, 0.3) is 11.0 Å². The number of halogens is 2. The first-order valence-corrected chi connectivity index (χ1v) is 12.0. The quantitative estimate of drug-likeness (QED) is 0.341. The number of aromatic nitrogens is 4. The molecule has 0 spiro atoms. The Balaban J connectivity index is 1.20. The summed E-state index contributed by atoms with van der Waals surface area (Å²) in [7, 11) is 1.54. The van der Waals surface area contributed by atoms with Crippen LogP contribution < -0.4 is 25.3 Å². The molecule has 0 unspecified atom stereocenters. The third-order valence-electron chi connectivity index (χ3n) is 6.45. The summed E-state index contributed by atoms with van der Waals surface area (Å²) in [5.74, 6) is 0.0561. The molecule has 200 valence electrons. The van der Waals surface area contributed by atoms with Gasteiger partial charge in [-0.2, -0.15) is 5.10 Å². The number of methoxy groups -OCH3 is 1. The number of rotatable bonds is 9. The van der Waals surface area contributed by atoms with Gasteiger partial charge in [-0.25, -0.2) is 17.8 Å². The molecule has 38 heavy (non-hydrogen) atoms. The Kier molecular flexibility index (Phi) is 6.99. The molecule has 1 saturated carbocycles. The van der Waals surface area contributed by atoms with E-state index in [9.17, 15) is 18.4 Å². The van der Waals surface area contributed by atoms with Crippen molar-refractivity contribution in [2.45, 2.75) is 44.3 Å². The van der Waals surface area contributed by atoms with E-state index in [2.05, 4.69) is 15.5 Å². The van der Waals surface area contributed by atoms with Crippen molar-refractivity contribution in [1.29, 1.82) is 0 Å². The van der Waals surface area contributed by atoms with Crippen molar-refractivity contribution in [2.75, 3.05) is 13.7 Å². The van der Waals surface area contributed by atoms with Crippen molar-refractivity contribution in [2.24, 2.45) is 5.73 Å². The first kappa shape index (κ1) is 25.2. The molecule has 0 aromatic carbocycles. The van der Waals surface area contributed by atoms with Crippen LogP contribution in [0.3, 0.4) is 0 Å². The number of carbonyl (C=O) groups excluding carboxylic acids is 2. The number of pyridine rings is 2. The maximum absolute atomic E-state index is 12.9. The standard InChI is InChI=1S/C25H26F2N6O5/c1-36-16-6-9-20-22(23(28)34)25(31-33(20)11-16)38-15-4-2-14(3-5-15)30-24(35)18-10-29-32-12-17(7-8-19(18)32)37-13-21(26)27/h6-12,14-15,21H,2-5,13H2,1H3,(H2,28,34)(H,30,35)/t14-,15-. The number of alkyl halides is 2. The zero-order valence-corrected chi connectivity index (χ0v) is 20.5. The van der Waals surface area contributed by atoms with Gasteiger partial charge in [0.1, 0.15) is 29.8 Å². The van der Waals surface area contributed by atoms with Gasteiger partial charge >= 0.3 is 0 Å². The summed E-state index contributed by atoms with van der Waals surface area (Å²) in [6.45, 7) is -0.720. The lowest BCUT2D eigenvalue weighted by atomic mass is 9.92. The summed E-state index contributed by atoms with van der Waals surface area (Å²) in [5, 5.41) is 11.6. The maximum Gasteiger partial charge on any atom is 0.272 e. The van der Waals surface area contributed by atoms with Crippen LogP contribution in [0, 0.1) is 0 Å². The monoisotopic (exact) mass is 528 g/mol. The zero-order valence-electron chi connectivity index (χ0n) is 20.5. The van der Waals surface area contributed by atoms with Crippen molar-refractivity contribution < 1.29 is 32.6 Å². The fourth-order valence-electron chi connectivity index (χ4n) is 4.57. The van der Waals surface area contributed by atoms with Crippen molar-refractivity contribution in [3.05, 3.63) is 54.0 Å². The van der Waals surface area contributed by atoms with E-state index in [0.29, 0.717) is 48.0 Å². The average Bonchev–Trinajstić information content (AvgIpc) is 3.48. The third kappa shape index (κ3) is 5.17. The molecule has 0 bridgehead atoms. The van der Waals surface area contributed by atoms with Gasteiger partial charge in [0, 0.05) is 6.04 Å². The second kappa shape index (κ2) is 10.5. The van der Waals surface area contributed by atoms with Gasteiger partial charge in [0.15, 0.2) is 0 Å². The van der Waals surface area contributed by atoms with Gasteiger partial charge in [-0.05, 0) is 49.9 Å². The molecule has 1 aliphatic rings. The van der Waals surface area contributed by atoms with Gasteiger partial charge in [0.2, 0.25) is 5.88 Å². The Hall–Kier alpha value is -4.42. The molecular weight excluding hydrogens is 502 g/mol. The predicted octanol–water partition coefficient (Wildman–Crippen LogP) is 2.85. The van der Waals surface area contributed by atoms with Gasteiger partial charge in [0.25, 0.3) is 18.2 Å². The number of primary amides is 1. The highest BCUT2D eigenvalue weighted by Crippen LogP contribution is 2.29. The molecule has 0 atom stereocenters. The van der Waals surface area contributed by atoms with Gasteiger partial charge in [-0.3, -0.25) is 9.59 Å². The molecule has 0 radical (unpaired) electrons. The summed E-state index contributed by atoms with van der Waals surface area (Å²) >= 11 is 0. The Labute approximate surface area is 215 Å². The van der Waals surface area contributed by atoms with Crippen LogP contribution in [0.4, 0.5) is 8.78 Å². The minimum atomic E-state index is -2.58. The van der Waals surface area contributed by atoms with E-state index in [1.54, 1.807) is 24.4 Å². The number of ether oxygens (including phenoxy) is 3. The second-order valence-corrected chi connectivity index (χ2v) is 8.96. The number of nitrogens with zero attached hydrogens (tertiary/aromatic N) is 4. The minimum absolute atomic E-state index is 0.0770. The number of hydrogen-bond donors (Lipinski definition) is 2. The molecule has 4 aromatic rings. The predicted molar refractivity (Wildman–Crippen MR) is 131 cm³/mol. The molecule has 1 aliphatic carbocycles. The Morgan fingerprint density at radius 2 is 1.79 bits per heavy atom. The third-order valence-corrected chi connectivity index (χ3v) is 6.45. The van der Waals surface area contributed by atoms with Gasteiger partial charge < -0.3 is 25.3 Å². The first-order valence-electron chi connectivity index (χ1n) is 12.0. The van der Waals surface area contributed by atoms with Crippen LogP contribution in [0.2, 0.25) is 0 Å². The smallest absolute Gasteiger partial charge is 0.272 e. The lowest BCUT2D eigenvalue weighted by molar-refractivity contribution is 0.0816. The highest BCUT2D eigenvalue weighted by atomic mass is 19.3. The van der Waals surface area contributed by atoms with Gasteiger partial charge in [0.05, 0.1) is 42.3 Å². The fourth-order valence-corrected chi connectivity index (χ4v) is 4.57. The molecule has 3 N–H and O–H groups in total. The summed E-state index contributed by atoms with van der Waals surface area (Å²) in [5.41, 5.74) is 7.24. The molecule has 11 nitrogen and oxygen atoms in total. The van der Waals surface area contributed by atoms with Gasteiger partial charge in [-0.1, -0.05) is 0 Å². The maximum atomic E-state index is 12.9. The molecule has 4 heterocycles. The summed E-state index contributed by atoms with van der Waals surface area (Å²) in [6.07, 6.45) is 4.34. The lowest BCUT2D eigenvalue weighted by Crippen LogP contribution is -2.39. The molecule has 4 aromatic heterocycles. The van der Waals surface area contributed by atoms with Crippen LogP contribution in [0.1, 0.15) is 46.4 Å². The van der Waals surface area contributed by atoms with Crippen molar-refractivity contribution in [3.8, 4) is 17.4 Å². The second-order valence-electron chi connectivity index (χ2n) is 8.96. The van der Waals surface area contributed by atoms with E-state index in [4.69, 9.17) is 19.9 Å². The summed E-state index contributed by atoms with van der Waals surface area (Å²) in [6, 6.07) is 6.46. The summed E-state index contributed by atoms with van der Waals surface area (Å²) < 4.78 is 44.0. The molecule has 1 fully saturated rings. The average molecular weight is 529 g/mol. The van der Waals surface area contributed by atoms with E-state index in [-0.39, 0.29) is 35.2 Å². The highest BCUT2D eigenvalue weighted by molar-refractivity contribution is 6.02. The van der Waals surface area contributed by atoms with Crippen molar-refractivity contribution in [3.63, 3.8) is 0 Å². The molecular formula is C25H26F2N6O5. The first-order chi connectivity index (χ1) is 18.3. The molecule has 0 saturated heterocycles. The highest BCUT2D eigenvalue weighted by Gasteiger charge is 2.28. The van der Waals surface area contributed by atoms with E-state index in [0.717, 1.165) is 0 Å². The van der Waals surface area contributed by atoms with E-state index >= 15 is 0 Å². The fraction of sp³-hybridized carbons (Fsp3) is 0.360. The zero-order chi connectivity index (χ0) is 26.8. The Bertz CT molecular complexity index is 1480. The minimum Gasteiger partial charge on any atom is -0.495 e. The Morgan fingerprint density at radius 1 is 1.08 bits per heavy atom. The summed E-state index contributed by atoms with van der Waals surface area (Å²) in [4.78, 5) is 25.0. The number of nitrogens with two attached hydrogens (primary N) is 1. The van der Waals surface area contributed by atoms with Crippen LogP contribution in [0.5, 0.6) is 17.4 Å². The topological polar surface area (TPSA) is 134 Å². The molecule has 2 amide bonds. The SMILES string of the molecule is COc1ccc2c(C(N)=O)c(O[C@H]3CC[C@H](NC(=O)c4cnn5cc(OCC(F)F)ccc45)CC3)nn2c1. The number of amides is 2. The normalized spacial score (nSPS) is 17.6. The molecule has 13 heteroatoms. The van der Waals surface area contributed by atoms with E-state index in [1.165, 1.54) is 34.6 Å². The van der Waals surface area contributed by atoms with Crippen LogP contribution in [-0.2, 0) is 0 Å². The number of hydrogen-bond acceptors (Lipinski definition) is 7. The van der Waals surface area contributed by atoms with Crippen LogP contribution >= 0.6 is 0 Å². The van der Waals surface area contributed by atoms with Gasteiger partial charge in [-0.15, -0.1) is 5.10 Å². The largest absolute Gasteiger partial charge is 0.495 e. The van der Waals surface area contributed by atoms with Crippen molar-refractivity contribution >= 4 is 22.8 Å². The van der Waals surface area contributed by atoms with E-state index < -0.39 is 18.9 Å². The van der Waals surface area contributed by atoms with Crippen molar-refractivity contribution in [1.82, 2.24) is 24.5 Å². The van der Waals surface area contributed by atoms with Crippen LogP contribution in [0.15, 0.2) is 42.9 Å². The lowest BCUT2D eigenvalue weighted by Gasteiger charge is -2.29. The molecule has 5 rings (SSSR count). The van der Waals surface area contributed by atoms with E-state index in [1.807, 2.05) is 0 Å². The number of nitrogens with one attached hydrogen (secondary N) is 1. The number of carbonyl (C=O) groups is 2. The Morgan fingerprint density at radius 3 is 2.50 bits per heavy atom. The molecule has 0 aliphatic heterocycles. The number of fused-ring (bicyclic) bond motifs is 2. The van der Waals surface area contributed by atoms with Crippen LogP contribution in [-0.4, -0.2) is 63.3 Å².